The molecule has 1 aliphatic rings. The van der Waals surface area contributed by atoms with Gasteiger partial charge in [-0.15, -0.1) is 0 Å². The van der Waals surface area contributed by atoms with E-state index in [9.17, 15) is 5.21 Å². The van der Waals surface area contributed by atoms with Gasteiger partial charge in [0.2, 0.25) is 6.21 Å². The minimum atomic E-state index is -0.549. The van der Waals surface area contributed by atoms with Crippen LogP contribution in [0.25, 0.3) is 0 Å². The standard InChI is InChI=1S/C18H27NO5/c1-5-7-10-23-17-12-18(6-2,13-19(20)24-17)14-8-9-15(21-3)16(11-14)22-4/h8-9,11,13,17H,5-7,10,12H2,1-4H3. The second kappa shape index (κ2) is 8.24. The number of methoxy groups -OCH3 is 2. The summed E-state index contributed by atoms with van der Waals surface area (Å²) in [5.74, 6) is 1.30. The highest BCUT2D eigenvalue weighted by atomic mass is 16.9. The molecular formula is C18H27NO5. The van der Waals surface area contributed by atoms with Crippen LogP contribution in [0.4, 0.5) is 0 Å². The lowest BCUT2D eigenvalue weighted by Crippen LogP contribution is -2.43. The molecule has 2 unspecified atom stereocenters. The molecule has 0 spiro atoms. The van der Waals surface area contributed by atoms with Crippen molar-refractivity contribution in [2.24, 2.45) is 0 Å². The molecule has 0 amide bonds. The van der Waals surface area contributed by atoms with E-state index in [0.29, 0.717) is 29.4 Å². The summed E-state index contributed by atoms with van der Waals surface area (Å²) >= 11 is 0. The van der Waals surface area contributed by atoms with Gasteiger partial charge in [-0.25, -0.2) is 0 Å². The second-order valence-electron chi connectivity index (χ2n) is 5.96. The van der Waals surface area contributed by atoms with Gasteiger partial charge in [0.1, 0.15) is 0 Å². The zero-order chi connectivity index (χ0) is 17.6. The molecule has 0 aliphatic carbocycles. The van der Waals surface area contributed by atoms with Crippen LogP contribution in [0.5, 0.6) is 11.5 Å². The Labute approximate surface area is 143 Å². The summed E-state index contributed by atoms with van der Waals surface area (Å²) in [5, 5.41) is 12.0. The summed E-state index contributed by atoms with van der Waals surface area (Å²) in [6, 6.07) is 5.74. The van der Waals surface area contributed by atoms with Gasteiger partial charge in [0.15, 0.2) is 17.8 Å². The maximum atomic E-state index is 12.0. The number of unbranched alkanes of at least 4 members (excludes halogenated alkanes) is 1. The van der Waals surface area contributed by atoms with Crippen LogP contribution < -0.4 is 9.47 Å². The third-order valence-electron chi connectivity index (χ3n) is 4.50. The number of nitrogens with zero attached hydrogens (tertiary/aromatic N) is 1. The van der Waals surface area contributed by atoms with E-state index in [4.69, 9.17) is 19.0 Å². The molecule has 0 radical (unpaired) electrons. The Balaban J connectivity index is 2.31. The SMILES string of the molecule is CCCCOC1CC(CC)(c2ccc(OC)c(OC)c2)C=[N+]([O-])O1. The molecule has 6 heteroatoms. The van der Waals surface area contributed by atoms with E-state index in [0.717, 1.165) is 24.8 Å². The van der Waals surface area contributed by atoms with Crippen molar-refractivity contribution in [2.45, 2.75) is 51.2 Å². The Morgan fingerprint density at radius 2 is 2.00 bits per heavy atom. The maximum absolute atomic E-state index is 12.0. The summed E-state index contributed by atoms with van der Waals surface area (Å²) in [7, 11) is 3.20. The lowest BCUT2D eigenvalue weighted by molar-refractivity contribution is -0.770. The van der Waals surface area contributed by atoms with Gasteiger partial charge in [-0.1, -0.05) is 26.3 Å². The van der Waals surface area contributed by atoms with Crippen LogP contribution in [-0.2, 0) is 15.0 Å². The van der Waals surface area contributed by atoms with E-state index < -0.39 is 11.7 Å². The van der Waals surface area contributed by atoms with Crippen molar-refractivity contribution in [1.29, 1.82) is 0 Å². The third kappa shape index (κ3) is 3.93. The van der Waals surface area contributed by atoms with Gasteiger partial charge >= 0.3 is 0 Å². The van der Waals surface area contributed by atoms with E-state index in [1.807, 2.05) is 18.2 Å². The average molecular weight is 337 g/mol. The Kier molecular flexibility index (Phi) is 6.31. The summed E-state index contributed by atoms with van der Waals surface area (Å²) in [5.41, 5.74) is 0.520. The van der Waals surface area contributed by atoms with Crippen LogP contribution in [0.15, 0.2) is 18.2 Å². The lowest BCUT2D eigenvalue weighted by atomic mass is 9.75. The number of benzene rings is 1. The monoisotopic (exact) mass is 337 g/mol. The number of hydrogen-bond acceptors (Lipinski definition) is 5. The van der Waals surface area contributed by atoms with Crippen LogP contribution in [0.2, 0.25) is 0 Å². The Hall–Kier alpha value is -1.95. The molecule has 0 saturated heterocycles. The Bertz CT molecular complexity index is 575. The Morgan fingerprint density at radius 1 is 1.25 bits per heavy atom. The first-order chi connectivity index (χ1) is 11.6. The first-order valence-electron chi connectivity index (χ1n) is 8.41. The maximum Gasteiger partial charge on any atom is 0.220 e. The molecule has 1 heterocycles. The molecule has 2 atom stereocenters. The van der Waals surface area contributed by atoms with Crippen molar-refractivity contribution in [1.82, 2.24) is 0 Å². The van der Waals surface area contributed by atoms with Gasteiger partial charge in [0.25, 0.3) is 0 Å². The summed E-state index contributed by atoms with van der Waals surface area (Å²) < 4.78 is 16.4. The van der Waals surface area contributed by atoms with Crippen molar-refractivity contribution >= 4 is 6.21 Å². The minimum absolute atomic E-state index is 0.462. The molecule has 6 nitrogen and oxygen atoms in total. The van der Waals surface area contributed by atoms with Crippen molar-refractivity contribution in [3.05, 3.63) is 29.0 Å². The fraction of sp³-hybridized carbons (Fsp3) is 0.611. The van der Waals surface area contributed by atoms with Crippen molar-refractivity contribution < 1.29 is 24.0 Å². The van der Waals surface area contributed by atoms with Crippen LogP contribution >= 0.6 is 0 Å². The molecule has 1 aromatic carbocycles. The fourth-order valence-electron chi connectivity index (χ4n) is 2.96. The molecule has 0 fully saturated rings. The minimum Gasteiger partial charge on any atom is -0.493 e. The van der Waals surface area contributed by atoms with Gasteiger partial charge < -0.3 is 19.0 Å². The van der Waals surface area contributed by atoms with Crippen molar-refractivity contribution in [3.63, 3.8) is 0 Å². The van der Waals surface area contributed by atoms with E-state index in [2.05, 4.69) is 13.8 Å². The zero-order valence-corrected chi connectivity index (χ0v) is 14.9. The molecular weight excluding hydrogens is 310 g/mol. The van der Waals surface area contributed by atoms with Gasteiger partial charge in [-0.05, 0) is 30.5 Å². The molecule has 0 bridgehead atoms. The lowest BCUT2D eigenvalue weighted by Gasteiger charge is -2.36. The highest BCUT2D eigenvalue weighted by Crippen LogP contribution is 2.39. The van der Waals surface area contributed by atoms with Crippen LogP contribution in [0, 0.1) is 5.21 Å². The molecule has 0 saturated carbocycles. The summed E-state index contributed by atoms with van der Waals surface area (Å²) in [6.45, 7) is 4.73. The smallest absolute Gasteiger partial charge is 0.220 e. The first-order valence-corrected chi connectivity index (χ1v) is 8.41. The molecule has 1 aromatic rings. The molecule has 134 valence electrons. The quantitative estimate of drug-likeness (QED) is 0.537. The number of hydrogen-bond donors (Lipinski definition) is 0. The normalized spacial score (nSPS) is 23.3. The van der Waals surface area contributed by atoms with E-state index in [-0.39, 0.29) is 0 Å². The molecule has 0 N–H and O–H groups in total. The van der Waals surface area contributed by atoms with Crippen molar-refractivity contribution in [3.8, 4) is 11.5 Å². The highest BCUT2D eigenvalue weighted by molar-refractivity contribution is 5.71. The second-order valence-corrected chi connectivity index (χ2v) is 5.96. The van der Waals surface area contributed by atoms with Gasteiger partial charge in [-0.3, -0.25) is 5.21 Å². The van der Waals surface area contributed by atoms with Gasteiger partial charge in [0, 0.05) is 17.9 Å². The van der Waals surface area contributed by atoms with Gasteiger partial charge in [-0.2, -0.15) is 0 Å². The van der Waals surface area contributed by atoms with E-state index in [1.165, 1.54) is 0 Å². The third-order valence-corrected chi connectivity index (χ3v) is 4.50. The van der Waals surface area contributed by atoms with Crippen LogP contribution in [-0.4, -0.2) is 38.2 Å². The molecule has 24 heavy (non-hydrogen) atoms. The fourth-order valence-corrected chi connectivity index (χ4v) is 2.96. The van der Waals surface area contributed by atoms with Crippen LogP contribution in [0.3, 0.4) is 0 Å². The van der Waals surface area contributed by atoms with Crippen molar-refractivity contribution in [2.75, 3.05) is 20.8 Å². The summed E-state index contributed by atoms with van der Waals surface area (Å²) in [4.78, 5) is 5.79. The summed E-state index contributed by atoms with van der Waals surface area (Å²) in [6.07, 6.45) is 4.34. The molecule has 1 aliphatic heterocycles. The highest BCUT2D eigenvalue weighted by Gasteiger charge is 2.40. The average Bonchev–Trinajstić information content (AvgIpc) is 2.60. The van der Waals surface area contributed by atoms with E-state index in [1.54, 1.807) is 20.4 Å². The molecule has 0 aromatic heterocycles. The predicted molar refractivity (Wildman–Crippen MR) is 91.6 cm³/mol. The van der Waals surface area contributed by atoms with E-state index >= 15 is 0 Å². The first kappa shape index (κ1) is 18.4. The topological polar surface area (TPSA) is 63.0 Å². The van der Waals surface area contributed by atoms with Gasteiger partial charge in [0.05, 0.1) is 19.6 Å². The number of ether oxygens (including phenoxy) is 3. The zero-order valence-electron chi connectivity index (χ0n) is 14.9. The van der Waals surface area contributed by atoms with Crippen LogP contribution in [0.1, 0.15) is 45.1 Å². The predicted octanol–water partition coefficient (Wildman–Crippen LogP) is 3.41. The molecule has 2 rings (SSSR count). The number of rotatable bonds is 8. The largest absolute Gasteiger partial charge is 0.493 e. The Morgan fingerprint density at radius 3 is 2.62 bits per heavy atom.